The molecule has 0 bridgehead atoms. The van der Waals surface area contributed by atoms with Gasteiger partial charge in [0.2, 0.25) is 0 Å². The number of methoxy groups -OCH3 is 1. The van der Waals surface area contributed by atoms with E-state index < -0.39 is 0 Å². The van der Waals surface area contributed by atoms with Gasteiger partial charge in [-0.3, -0.25) is 9.59 Å². The Kier molecular flexibility index (Phi) is 4.99. The Labute approximate surface area is 161 Å². The smallest absolute Gasteiger partial charge is 0.258 e. The number of nitrogens with one attached hydrogen (secondary N) is 1. The zero-order chi connectivity index (χ0) is 19.5. The van der Waals surface area contributed by atoms with Gasteiger partial charge in [0.05, 0.1) is 12.2 Å². The highest BCUT2D eigenvalue weighted by Crippen LogP contribution is 2.32. The van der Waals surface area contributed by atoms with Crippen molar-refractivity contribution in [2.24, 2.45) is 0 Å². The van der Waals surface area contributed by atoms with Gasteiger partial charge in [-0.25, -0.2) is 0 Å². The third-order valence-corrected chi connectivity index (χ3v) is 4.57. The summed E-state index contributed by atoms with van der Waals surface area (Å²) in [7, 11) is 1.57. The highest BCUT2D eigenvalue weighted by atomic mass is 16.6. The number of rotatable bonds is 5. The highest BCUT2D eigenvalue weighted by Gasteiger charge is 2.17. The topological polar surface area (TPSA) is 78.8 Å². The molecule has 1 amide bonds. The van der Waals surface area contributed by atoms with Gasteiger partial charge in [-0.15, -0.1) is 0 Å². The molecule has 1 aliphatic heterocycles. The quantitative estimate of drug-likeness (QED) is 0.736. The molecular formula is C21H20N2O5. The van der Waals surface area contributed by atoms with E-state index in [0.717, 1.165) is 0 Å². The first-order valence-corrected chi connectivity index (χ1v) is 8.99. The van der Waals surface area contributed by atoms with Crippen LogP contribution in [0, 0.1) is 0 Å². The van der Waals surface area contributed by atoms with Crippen LogP contribution in [0.5, 0.6) is 11.5 Å². The SMILES string of the molecule is COCCn1cc(C(=O)Nc2ccc3c(c2)OCCO3)c2ccccc2c1=O. The molecule has 0 atom stereocenters. The minimum Gasteiger partial charge on any atom is -0.486 e. The average Bonchev–Trinajstić information content (AvgIpc) is 2.73. The van der Waals surface area contributed by atoms with Crippen LogP contribution in [-0.4, -0.2) is 37.4 Å². The van der Waals surface area contributed by atoms with Gasteiger partial charge in [-0.2, -0.15) is 0 Å². The molecule has 1 aliphatic rings. The number of amides is 1. The molecule has 0 aliphatic carbocycles. The van der Waals surface area contributed by atoms with Crippen LogP contribution in [0.2, 0.25) is 0 Å². The molecule has 0 saturated heterocycles. The van der Waals surface area contributed by atoms with Crippen molar-refractivity contribution >= 4 is 22.4 Å². The molecule has 144 valence electrons. The van der Waals surface area contributed by atoms with E-state index in [0.29, 0.717) is 59.9 Å². The minimum absolute atomic E-state index is 0.150. The summed E-state index contributed by atoms with van der Waals surface area (Å²) in [5.41, 5.74) is 0.859. The fourth-order valence-electron chi connectivity index (χ4n) is 3.20. The largest absolute Gasteiger partial charge is 0.486 e. The summed E-state index contributed by atoms with van der Waals surface area (Å²) in [4.78, 5) is 25.7. The van der Waals surface area contributed by atoms with Crippen molar-refractivity contribution in [3.8, 4) is 11.5 Å². The summed E-state index contributed by atoms with van der Waals surface area (Å²) in [5.74, 6) is 0.945. The number of ether oxygens (including phenoxy) is 3. The van der Waals surface area contributed by atoms with Gasteiger partial charge < -0.3 is 24.1 Å². The molecule has 1 N–H and O–H groups in total. The molecule has 4 rings (SSSR count). The Morgan fingerprint density at radius 1 is 1.11 bits per heavy atom. The zero-order valence-corrected chi connectivity index (χ0v) is 15.4. The highest BCUT2D eigenvalue weighted by molar-refractivity contribution is 6.12. The summed E-state index contributed by atoms with van der Waals surface area (Å²) in [6.45, 7) is 1.72. The second kappa shape index (κ2) is 7.74. The first-order chi connectivity index (χ1) is 13.7. The molecule has 0 fully saturated rings. The van der Waals surface area contributed by atoms with Gasteiger partial charge in [0.15, 0.2) is 11.5 Å². The Bertz CT molecular complexity index is 1090. The molecule has 1 aromatic heterocycles. The van der Waals surface area contributed by atoms with Gasteiger partial charge >= 0.3 is 0 Å². The fourth-order valence-corrected chi connectivity index (χ4v) is 3.20. The van der Waals surface area contributed by atoms with Crippen molar-refractivity contribution in [2.75, 3.05) is 32.2 Å². The molecule has 7 nitrogen and oxygen atoms in total. The maximum atomic E-state index is 13.0. The van der Waals surface area contributed by atoms with E-state index in [1.807, 2.05) is 6.07 Å². The second-order valence-corrected chi connectivity index (χ2v) is 6.39. The summed E-state index contributed by atoms with van der Waals surface area (Å²) in [6, 6.07) is 12.3. The van der Waals surface area contributed by atoms with Crippen molar-refractivity contribution in [3.63, 3.8) is 0 Å². The molecule has 2 heterocycles. The molecule has 2 aromatic carbocycles. The first-order valence-electron chi connectivity index (χ1n) is 8.99. The standard InChI is InChI=1S/C21H20N2O5/c1-26-9-8-23-13-17(15-4-2-3-5-16(15)21(23)25)20(24)22-14-6-7-18-19(12-14)28-11-10-27-18/h2-7,12-13H,8-11H2,1H3,(H,22,24). The number of carbonyl (C=O) groups is 1. The third kappa shape index (κ3) is 3.44. The minimum atomic E-state index is -0.306. The predicted octanol–water partition coefficient (Wildman–Crippen LogP) is 2.67. The monoisotopic (exact) mass is 380 g/mol. The fraction of sp³-hybridized carbons (Fsp3) is 0.238. The lowest BCUT2D eigenvalue weighted by atomic mass is 10.1. The maximum absolute atomic E-state index is 13.0. The number of aromatic nitrogens is 1. The van der Waals surface area contributed by atoms with E-state index in [1.54, 1.807) is 49.7 Å². The first kappa shape index (κ1) is 18.1. The number of anilines is 1. The lowest BCUT2D eigenvalue weighted by Crippen LogP contribution is -2.25. The lowest BCUT2D eigenvalue weighted by molar-refractivity contribution is 0.102. The van der Waals surface area contributed by atoms with Crippen LogP contribution in [0.25, 0.3) is 10.8 Å². The van der Waals surface area contributed by atoms with E-state index in [4.69, 9.17) is 14.2 Å². The van der Waals surface area contributed by atoms with Gasteiger partial charge in [-0.1, -0.05) is 18.2 Å². The molecule has 0 spiro atoms. The van der Waals surface area contributed by atoms with E-state index in [2.05, 4.69) is 5.32 Å². The number of fused-ring (bicyclic) bond motifs is 2. The van der Waals surface area contributed by atoms with Crippen molar-refractivity contribution in [3.05, 3.63) is 64.6 Å². The van der Waals surface area contributed by atoms with Crippen LogP contribution in [0.4, 0.5) is 5.69 Å². The van der Waals surface area contributed by atoms with Gasteiger partial charge in [-0.05, 0) is 18.2 Å². The summed E-state index contributed by atoms with van der Waals surface area (Å²) < 4.78 is 17.6. The number of pyridine rings is 1. The average molecular weight is 380 g/mol. The predicted molar refractivity (Wildman–Crippen MR) is 105 cm³/mol. The van der Waals surface area contributed by atoms with Crippen molar-refractivity contribution < 1.29 is 19.0 Å². The van der Waals surface area contributed by atoms with Gasteiger partial charge in [0.25, 0.3) is 11.5 Å². The Morgan fingerprint density at radius 3 is 2.64 bits per heavy atom. The van der Waals surface area contributed by atoms with E-state index in [-0.39, 0.29) is 11.5 Å². The molecule has 0 radical (unpaired) electrons. The van der Waals surface area contributed by atoms with Crippen LogP contribution < -0.4 is 20.3 Å². The zero-order valence-electron chi connectivity index (χ0n) is 15.4. The number of hydrogen-bond acceptors (Lipinski definition) is 5. The number of nitrogens with zero attached hydrogens (tertiary/aromatic N) is 1. The molecular weight excluding hydrogens is 360 g/mol. The number of benzene rings is 2. The van der Waals surface area contributed by atoms with Crippen LogP contribution in [0.1, 0.15) is 10.4 Å². The van der Waals surface area contributed by atoms with Crippen LogP contribution >= 0.6 is 0 Å². The Morgan fingerprint density at radius 2 is 1.86 bits per heavy atom. The number of hydrogen-bond donors (Lipinski definition) is 1. The molecule has 0 unspecified atom stereocenters. The van der Waals surface area contributed by atoms with E-state index in [1.165, 1.54) is 4.57 Å². The molecule has 28 heavy (non-hydrogen) atoms. The van der Waals surface area contributed by atoms with Crippen molar-refractivity contribution in [1.29, 1.82) is 0 Å². The Balaban J connectivity index is 1.70. The van der Waals surface area contributed by atoms with E-state index >= 15 is 0 Å². The maximum Gasteiger partial charge on any atom is 0.258 e. The lowest BCUT2D eigenvalue weighted by Gasteiger charge is -2.19. The van der Waals surface area contributed by atoms with Gasteiger partial charge in [0.1, 0.15) is 13.2 Å². The molecule has 0 saturated carbocycles. The van der Waals surface area contributed by atoms with Gasteiger partial charge in [0, 0.05) is 42.4 Å². The van der Waals surface area contributed by atoms with E-state index in [9.17, 15) is 9.59 Å². The molecule has 3 aromatic rings. The Hall–Kier alpha value is -3.32. The third-order valence-electron chi connectivity index (χ3n) is 4.57. The summed E-state index contributed by atoms with van der Waals surface area (Å²) >= 11 is 0. The van der Waals surface area contributed by atoms with Crippen LogP contribution in [0.15, 0.2) is 53.5 Å². The second-order valence-electron chi connectivity index (χ2n) is 6.39. The van der Waals surface area contributed by atoms with Crippen LogP contribution in [0.3, 0.4) is 0 Å². The van der Waals surface area contributed by atoms with Crippen molar-refractivity contribution in [2.45, 2.75) is 6.54 Å². The summed E-state index contributed by atoms with van der Waals surface area (Å²) in [5, 5.41) is 3.98. The van der Waals surface area contributed by atoms with Crippen LogP contribution in [-0.2, 0) is 11.3 Å². The molecule has 7 heteroatoms. The normalized spacial score (nSPS) is 12.8. The van der Waals surface area contributed by atoms with Crippen molar-refractivity contribution in [1.82, 2.24) is 4.57 Å². The summed E-state index contributed by atoms with van der Waals surface area (Å²) in [6.07, 6.45) is 1.58. The number of carbonyl (C=O) groups excluding carboxylic acids is 1.